The first kappa shape index (κ1) is 21.4. The lowest BCUT2D eigenvalue weighted by Crippen LogP contribution is -2.29. The maximum Gasteiger partial charge on any atom is 0.300 e. The van der Waals surface area contributed by atoms with Gasteiger partial charge in [-0.1, -0.05) is 23.7 Å². The third-order valence-corrected chi connectivity index (χ3v) is 5.40. The molecule has 0 aromatic heterocycles. The highest BCUT2D eigenvalue weighted by Crippen LogP contribution is 2.44. The number of benzene rings is 3. The third kappa shape index (κ3) is 3.67. The van der Waals surface area contributed by atoms with Gasteiger partial charge in [-0.2, -0.15) is 0 Å². The number of ketones is 1. The predicted molar refractivity (Wildman–Crippen MR) is 117 cm³/mol. The highest BCUT2D eigenvalue weighted by atomic mass is 35.5. The predicted octanol–water partition coefficient (Wildman–Crippen LogP) is 4.82. The van der Waals surface area contributed by atoms with Crippen LogP contribution >= 0.6 is 11.6 Å². The minimum atomic E-state index is -1.09. The van der Waals surface area contributed by atoms with Crippen molar-refractivity contribution in [1.82, 2.24) is 0 Å². The normalized spacial score (nSPS) is 17.6. The van der Waals surface area contributed by atoms with E-state index in [1.807, 2.05) is 0 Å². The van der Waals surface area contributed by atoms with Crippen molar-refractivity contribution in [3.63, 3.8) is 0 Å². The first-order valence-electron chi connectivity index (χ1n) is 9.51. The molecule has 3 aromatic rings. The molecule has 1 saturated heterocycles. The number of aromatic hydroxyl groups is 1. The number of hydrogen-bond donors (Lipinski definition) is 2. The first-order chi connectivity index (χ1) is 15.3. The van der Waals surface area contributed by atoms with Gasteiger partial charge in [-0.15, -0.1) is 0 Å². The highest BCUT2D eigenvalue weighted by Gasteiger charge is 2.47. The van der Waals surface area contributed by atoms with Crippen molar-refractivity contribution in [2.45, 2.75) is 6.04 Å². The lowest BCUT2D eigenvalue weighted by molar-refractivity contribution is -0.132. The van der Waals surface area contributed by atoms with Crippen LogP contribution in [-0.2, 0) is 9.59 Å². The third-order valence-electron chi connectivity index (χ3n) is 5.15. The van der Waals surface area contributed by atoms with E-state index in [2.05, 4.69) is 0 Å². The Kier molecular flexibility index (Phi) is 5.59. The molecule has 0 saturated carbocycles. The van der Waals surface area contributed by atoms with Crippen LogP contribution in [-0.4, -0.2) is 29.0 Å². The van der Waals surface area contributed by atoms with Gasteiger partial charge in [-0.25, -0.2) is 4.39 Å². The number of nitrogens with zero attached hydrogens (tertiary/aromatic N) is 1. The number of methoxy groups -OCH3 is 1. The van der Waals surface area contributed by atoms with Gasteiger partial charge in [0.25, 0.3) is 11.7 Å². The Morgan fingerprint density at radius 3 is 2.44 bits per heavy atom. The van der Waals surface area contributed by atoms with Crippen molar-refractivity contribution in [1.29, 1.82) is 0 Å². The topological polar surface area (TPSA) is 87.1 Å². The largest absolute Gasteiger partial charge is 0.508 e. The van der Waals surface area contributed by atoms with Gasteiger partial charge in [-0.3, -0.25) is 14.5 Å². The molecule has 1 heterocycles. The Morgan fingerprint density at radius 1 is 1.06 bits per heavy atom. The van der Waals surface area contributed by atoms with Gasteiger partial charge in [0.1, 0.15) is 23.1 Å². The second-order valence-electron chi connectivity index (χ2n) is 7.09. The van der Waals surface area contributed by atoms with E-state index < -0.39 is 29.3 Å². The number of phenols is 1. The number of rotatable bonds is 4. The summed E-state index contributed by atoms with van der Waals surface area (Å²) in [5.74, 6) is -3.07. The number of carbonyl (C=O) groups excluding carboxylic acids is 2. The molecular weight excluding hydrogens is 437 g/mol. The number of aliphatic hydroxyl groups is 1. The van der Waals surface area contributed by atoms with E-state index in [1.54, 1.807) is 36.4 Å². The van der Waals surface area contributed by atoms with Gasteiger partial charge in [0, 0.05) is 10.7 Å². The fourth-order valence-corrected chi connectivity index (χ4v) is 3.85. The maximum atomic E-state index is 14.0. The molecule has 1 unspecified atom stereocenters. The van der Waals surface area contributed by atoms with Crippen LogP contribution in [0.4, 0.5) is 10.1 Å². The number of amides is 1. The van der Waals surface area contributed by atoms with Crippen LogP contribution < -0.4 is 9.64 Å². The average Bonchev–Trinajstić information content (AvgIpc) is 3.04. The fourth-order valence-electron chi connectivity index (χ4n) is 3.72. The molecule has 32 heavy (non-hydrogen) atoms. The number of Topliss-reactive ketones (excluding diaryl/α,β-unsaturated/α-hetero) is 1. The smallest absolute Gasteiger partial charge is 0.300 e. The minimum Gasteiger partial charge on any atom is -0.508 e. The van der Waals surface area contributed by atoms with E-state index in [9.17, 15) is 24.2 Å². The van der Waals surface area contributed by atoms with Crippen LogP contribution in [0.5, 0.6) is 11.5 Å². The van der Waals surface area contributed by atoms with E-state index in [0.29, 0.717) is 16.3 Å². The van der Waals surface area contributed by atoms with Crippen molar-refractivity contribution >= 4 is 34.7 Å². The SMILES string of the molecule is COc1ccc(F)cc1/C(O)=C1\C(=O)C(=O)N(c2ccc(Cl)cc2)C1c1cccc(O)c1. The molecule has 6 nitrogen and oxygen atoms in total. The summed E-state index contributed by atoms with van der Waals surface area (Å²) in [5.41, 5.74) is 0.386. The Hall–Kier alpha value is -3.84. The Labute approximate surface area is 187 Å². The molecule has 4 rings (SSSR count). The number of ether oxygens (including phenoxy) is 1. The van der Waals surface area contributed by atoms with Crippen molar-refractivity contribution in [2.24, 2.45) is 0 Å². The number of aliphatic hydroxyl groups excluding tert-OH is 1. The number of phenolic OH excluding ortho intramolecular Hbond substituents is 1. The highest BCUT2D eigenvalue weighted by molar-refractivity contribution is 6.51. The van der Waals surface area contributed by atoms with Crippen molar-refractivity contribution in [3.8, 4) is 11.5 Å². The summed E-state index contributed by atoms with van der Waals surface area (Å²) in [6.45, 7) is 0. The summed E-state index contributed by atoms with van der Waals surface area (Å²) in [6.07, 6.45) is 0. The second kappa shape index (κ2) is 8.36. The van der Waals surface area contributed by atoms with Crippen LogP contribution in [0.15, 0.2) is 72.3 Å². The van der Waals surface area contributed by atoms with Gasteiger partial charge < -0.3 is 14.9 Å². The van der Waals surface area contributed by atoms with Crippen LogP contribution in [0, 0.1) is 5.82 Å². The molecule has 162 valence electrons. The maximum absolute atomic E-state index is 14.0. The van der Waals surface area contributed by atoms with E-state index in [0.717, 1.165) is 12.1 Å². The van der Waals surface area contributed by atoms with Gasteiger partial charge in [0.15, 0.2) is 0 Å². The lowest BCUT2D eigenvalue weighted by Gasteiger charge is -2.25. The van der Waals surface area contributed by atoms with Crippen LogP contribution in [0.25, 0.3) is 5.76 Å². The summed E-state index contributed by atoms with van der Waals surface area (Å²) in [6, 6.07) is 14.6. The number of hydrogen-bond acceptors (Lipinski definition) is 5. The Bertz CT molecular complexity index is 1260. The fraction of sp³-hybridized carbons (Fsp3) is 0.0833. The summed E-state index contributed by atoms with van der Waals surface area (Å²) < 4.78 is 19.2. The van der Waals surface area contributed by atoms with Gasteiger partial charge in [-0.05, 0) is 60.2 Å². The molecule has 1 aliphatic rings. The Balaban J connectivity index is 1.99. The van der Waals surface area contributed by atoms with E-state index in [1.165, 1.54) is 30.2 Å². The molecule has 1 atom stereocenters. The van der Waals surface area contributed by atoms with Gasteiger partial charge in [0.05, 0.1) is 24.3 Å². The molecule has 2 N–H and O–H groups in total. The zero-order chi connectivity index (χ0) is 23.0. The zero-order valence-corrected chi connectivity index (χ0v) is 17.5. The summed E-state index contributed by atoms with van der Waals surface area (Å²) >= 11 is 5.96. The summed E-state index contributed by atoms with van der Waals surface area (Å²) in [5, 5.41) is 21.5. The molecule has 1 aliphatic heterocycles. The standard InChI is InChI=1S/C24H17ClFNO5/c1-32-19-10-7-15(26)12-18(19)22(29)20-21(13-3-2-4-17(28)11-13)27(24(31)23(20)30)16-8-5-14(25)6-9-16/h2-12,21,28-29H,1H3/b22-20+. The number of carbonyl (C=O) groups is 2. The number of anilines is 1. The molecule has 0 aliphatic carbocycles. The molecule has 3 aromatic carbocycles. The van der Waals surface area contributed by atoms with Crippen molar-refractivity contribution < 1.29 is 28.9 Å². The monoisotopic (exact) mass is 453 g/mol. The van der Waals surface area contributed by atoms with Gasteiger partial charge >= 0.3 is 0 Å². The zero-order valence-electron chi connectivity index (χ0n) is 16.8. The van der Waals surface area contributed by atoms with Crippen molar-refractivity contribution in [3.05, 3.63) is 94.3 Å². The first-order valence-corrected chi connectivity index (χ1v) is 9.89. The average molecular weight is 454 g/mol. The molecular formula is C24H17ClFNO5. The lowest BCUT2D eigenvalue weighted by atomic mass is 9.94. The van der Waals surface area contributed by atoms with Gasteiger partial charge in [0.2, 0.25) is 0 Å². The summed E-state index contributed by atoms with van der Waals surface area (Å²) in [4.78, 5) is 27.3. The number of halogens is 2. The Morgan fingerprint density at radius 2 is 1.78 bits per heavy atom. The van der Waals surface area contributed by atoms with Crippen LogP contribution in [0.3, 0.4) is 0 Å². The summed E-state index contributed by atoms with van der Waals surface area (Å²) in [7, 11) is 1.34. The molecule has 0 radical (unpaired) electrons. The van der Waals surface area contributed by atoms with E-state index >= 15 is 0 Å². The molecule has 1 fully saturated rings. The molecule has 0 bridgehead atoms. The second-order valence-corrected chi connectivity index (χ2v) is 7.52. The van der Waals surface area contributed by atoms with Crippen molar-refractivity contribution in [2.75, 3.05) is 12.0 Å². The van der Waals surface area contributed by atoms with E-state index in [4.69, 9.17) is 16.3 Å². The van der Waals surface area contributed by atoms with Crippen LogP contribution in [0.1, 0.15) is 17.2 Å². The molecule has 0 spiro atoms. The molecule has 8 heteroatoms. The van der Waals surface area contributed by atoms with E-state index in [-0.39, 0.29) is 22.6 Å². The minimum absolute atomic E-state index is 0.0771. The quantitative estimate of drug-likeness (QED) is 0.336. The molecule has 1 amide bonds. The van der Waals surface area contributed by atoms with Crippen LogP contribution in [0.2, 0.25) is 5.02 Å².